The van der Waals surface area contributed by atoms with E-state index in [9.17, 15) is 4.79 Å². The molecule has 0 aliphatic rings. The van der Waals surface area contributed by atoms with E-state index < -0.39 is 0 Å². The summed E-state index contributed by atoms with van der Waals surface area (Å²) in [6.45, 7) is 4.04. The second-order valence-corrected chi connectivity index (χ2v) is 5.85. The molecule has 1 aromatic carbocycles. The van der Waals surface area contributed by atoms with Gasteiger partial charge in [-0.05, 0) is 43.2 Å². The molecular formula is C19H26N4O2. The monoisotopic (exact) mass is 342 g/mol. The largest absolute Gasteiger partial charge is 0.467 e. The summed E-state index contributed by atoms with van der Waals surface area (Å²) in [5.74, 6) is 1.59. The lowest BCUT2D eigenvalue weighted by Gasteiger charge is -2.13. The molecule has 0 fully saturated rings. The fourth-order valence-electron chi connectivity index (χ4n) is 2.34. The van der Waals surface area contributed by atoms with Crippen molar-refractivity contribution in [3.05, 3.63) is 59.5 Å². The summed E-state index contributed by atoms with van der Waals surface area (Å²) < 4.78 is 5.29. The first-order valence-electron chi connectivity index (χ1n) is 8.45. The number of hydrogen-bond donors (Lipinski definition) is 2. The van der Waals surface area contributed by atoms with Crippen LogP contribution in [0.4, 0.5) is 0 Å². The molecule has 0 saturated heterocycles. The fourth-order valence-corrected chi connectivity index (χ4v) is 2.34. The van der Waals surface area contributed by atoms with Gasteiger partial charge in [-0.2, -0.15) is 0 Å². The highest BCUT2D eigenvalue weighted by Crippen LogP contribution is 2.08. The van der Waals surface area contributed by atoms with E-state index in [0.717, 1.165) is 36.8 Å². The third-order valence-corrected chi connectivity index (χ3v) is 3.60. The van der Waals surface area contributed by atoms with Crippen molar-refractivity contribution in [2.24, 2.45) is 4.99 Å². The zero-order valence-electron chi connectivity index (χ0n) is 15.1. The van der Waals surface area contributed by atoms with Crippen molar-refractivity contribution in [3.63, 3.8) is 0 Å². The Morgan fingerprint density at radius 1 is 1.20 bits per heavy atom. The number of guanidine groups is 1. The van der Waals surface area contributed by atoms with Gasteiger partial charge >= 0.3 is 0 Å². The third kappa shape index (κ3) is 5.99. The Kier molecular flexibility index (Phi) is 7.07. The first-order valence-corrected chi connectivity index (χ1v) is 8.45. The molecule has 0 spiro atoms. The molecule has 0 radical (unpaired) electrons. The first-order chi connectivity index (χ1) is 12.1. The van der Waals surface area contributed by atoms with Gasteiger partial charge in [-0.3, -0.25) is 4.79 Å². The molecule has 1 amide bonds. The van der Waals surface area contributed by atoms with Crippen LogP contribution in [0.25, 0.3) is 0 Å². The van der Waals surface area contributed by atoms with Crippen molar-refractivity contribution < 1.29 is 9.21 Å². The maximum Gasteiger partial charge on any atom is 0.253 e. The van der Waals surface area contributed by atoms with Crippen molar-refractivity contribution >= 4 is 11.9 Å². The lowest BCUT2D eigenvalue weighted by atomic mass is 10.1. The quantitative estimate of drug-likeness (QED) is 0.598. The molecular weight excluding hydrogens is 316 g/mol. The Labute approximate surface area is 148 Å². The molecule has 25 heavy (non-hydrogen) atoms. The molecule has 0 unspecified atom stereocenters. The highest BCUT2D eigenvalue weighted by Gasteiger charge is 2.08. The SMILES string of the molecule is CCNC(=NCc1ccco1)NCCc1cccc(C(=O)N(C)C)c1. The average Bonchev–Trinajstić information content (AvgIpc) is 3.12. The molecule has 2 rings (SSSR count). The van der Waals surface area contributed by atoms with Crippen LogP contribution >= 0.6 is 0 Å². The van der Waals surface area contributed by atoms with Gasteiger partial charge in [0.25, 0.3) is 5.91 Å². The van der Waals surface area contributed by atoms with Crippen molar-refractivity contribution in [3.8, 4) is 0 Å². The van der Waals surface area contributed by atoms with Crippen molar-refractivity contribution in [2.45, 2.75) is 19.9 Å². The van der Waals surface area contributed by atoms with Gasteiger partial charge in [-0.1, -0.05) is 12.1 Å². The van der Waals surface area contributed by atoms with Crippen molar-refractivity contribution in [1.82, 2.24) is 15.5 Å². The van der Waals surface area contributed by atoms with E-state index >= 15 is 0 Å². The molecule has 0 aliphatic carbocycles. The Morgan fingerprint density at radius 2 is 2.04 bits per heavy atom. The standard InChI is InChI=1S/C19H26N4O2/c1-4-20-19(22-14-17-9-6-12-25-17)21-11-10-15-7-5-8-16(13-15)18(24)23(2)3/h5-9,12-13H,4,10-11,14H2,1-3H3,(H2,20,21,22). The molecule has 6 heteroatoms. The number of carbonyl (C=O) groups is 1. The smallest absolute Gasteiger partial charge is 0.253 e. The van der Waals surface area contributed by atoms with Gasteiger partial charge in [-0.15, -0.1) is 0 Å². The van der Waals surface area contributed by atoms with Crippen LogP contribution in [0, 0.1) is 0 Å². The normalized spacial score (nSPS) is 11.2. The number of carbonyl (C=O) groups excluding carboxylic acids is 1. The zero-order chi connectivity index (χ0) is 18.1. The number of nitrogens with zero attached hydrogens (tertiary/aromatic N) is 2. The average molecular weight is 342 g/mol. The molecule has 0 bridgehead atoms. The highest BCUT2D eigenvalue weighted by atomic mass is 16.3. The van der Waals surface area contributed by atoms with Crippen LogP contribution < -0.4 is 10.6 Å². The number of hydrogen-bond acceptors (Lipinski definition) is 3. The summed E-state index contributed by atoms with van der Waals surface area (Å²) in [6.07, 6.45) is 2.45. The predicted octanol–water partition coefficient (Wildman–Crippen LogP) is 2.28. The number of rotatable bonds is 7. The Morgan fingerprint density at radius 3 is 2.72 bits per heavy atom. The van der Waals surface area contributed by atoms with Crippen molar-refractivity contribution in [2.75, 3.05) is 27.2 Å². The molecule has 1 aromatic heterocycles. The van der Waals surface area contributed by atoms with Gasteiger partial charge in [0.15, 0.2) is 5.96 Å². The molecule has 1 heterocycles. The van der Waals surface area contributed by atoms with Crippen LogP contribution in [-0.2, 0) is 13.0 Å². The van der Waals surface area contributed by atoms with Crippen molar-refractivity contribution in [1.29, 1.82) is 0 Å². The van der Waals surface area contributed by atoms with Crippen LogP contribution in [0.1, 0.15) is 28.6 Å². The van der Waals surface area contributed by atoms with E-state index in [2.05, 4.69) is 15.6 Å². The van der Waals surface area contributed by atoms with Gasteiger partial charge in [0, 0.05) is 32.7 Å². The van der Waals surface area contributed by atoms with Gasteiger partial charge in [0.05, 0.1) is 6.26 Å². The summed E-state index contributed by atoms with van der Waals surface area (Å²) >= 11 is 0. The molecule has 0 atom stereocenters. The van der Waals surface area contributed by atoms with E-state index in [1.54, 1.807) is 25.3 Å². The lowest BCUT2D eigenvalue weighted by molar-refractivity contribution is 0.0827. The number of amides is 1. The third-order valence-electron chi connectivity index (χ3n) is 3.60. The minimum Gasteiger partial charge on any atom is -0.467 e. The Hall–Kier alpha value is -2.76. The summed E-state index contributed by atoms with van der Waals surface area (Å²) in [7, 11) is 3.52. The highest BCUT2D eigenvalue weighted by molar-refractivity contribution is 5.94. The first kappa shape index (κ1) is 18.6. The Bertz CT molecular complexity index is 693. The van der Waals surface area contributed by atoms with Gasteiger partial charge in [-0.25, -0.2) is 4.99 Å². The van der Waals surface area contributed by atoms with E-state index in [-0.39, 0.29) is 5.91 Å². The molecule has 134 valence electrons. The van der Waals surface area contributed by atoms with Crippen LogP contribution in [0.5, 0.6) is 0 Å². The van der Waals surface area contributed by atoms with E-state index in [1.807, 2.05) is 43.3 Å². The van der Waals surface area contributed by atoms with Gasteiger partial charge < -0.3 is 20.0 Å². The van der Waals surface area contributed by atoms with Crippen LogP contribution in [0.15, 0.2) is 52.1 Å². The van der Waals surface area contributed by atoms with Crippen LogP contribution in [-0.4, -0.2) is 44.0 Å². The second kappa shape index (κ2) is 9.52. The minimum absolute atomic E-state index is 0.0168. The minimum atomic E-state index is 0.0168. The van der Waals surface area contributed by atoms with Gasteiger partial charge in [0.1, 0.15) is 12.3 Å². The molecule has 2 aromatic rings. The van der Waals surface area contributed by atoms with Crippen LogP contribution in [0.3, 0.4) is 0 Å². The van der Waals surface area contributed by atoms with Crippen LogP contribution in [0.2, 0.25) is 0 Å². The molecule has 6 nitrogen and oxygen atoms in total. The number of furan rings is 1. The fraction of sp³-hybridized carbons (Fsp3) is 0.368. The summed E-state index contributed by atoms with van der Waals surface area (Å²) in [6, 6.07) is 11.5. The predicted molar refractivity (Wildman–Crippen MR) is 99.7 cm³/mol. The van der Waals surface area contributed by atoms with E-state index in [1.165, 1.54) is 0 Å². The molecule has 0 saturated carbocycles. The number of aliphatic imine (C=N–C) groups is 1. The summed E-state index contributed by atoms with van der Waals surface area (Å²) in [4.78, 5) is 18.1. The number of benzene rings is 1. The summed E-state index contributed by atoms with van der Waals surface area (Å²) in [5.41, 5.74) is 1.82. The Balaban J connectivity index is 1.90. The molecule has 2 N–H and O–H groups in total. The lowest BCUT2D eigenvalue weighted by Crippen LogP contribution is -2.38. The number of nitrogens with one attached hydrogen (secondary N) is 2. The molecule has 0 aliphatic heterocycles. The maximum atomic E-state index is 12.0. The zero-order valence-corrected chi connectivity index (χ0v) is 15.1. The topological polar surface area (TPSA) is 69.9 Å². The second-order valence-electron chi connectivity index (χ2n) is 5.85. The van der Waals surface area contributed by atoms with Gasteiger partial charge in [0.2, 0.25) is 0 Å². The maximum absolute atomic E-state index is 12.0. The summed E-state index contributed by atoms with van der Waals surface area (Å²) in [5, 5.41) is 6.52. The van der Waals surface area contributed by atoms with E-state index in [0.29, 0.717) is 12.1 Å². The van der Waals surface area contributed by atoms with E-state index in [4.69, 9.17) is 4.42 Å².